The molecule has 12 heteroatoms. The summed E-state index contributed by atoms with van der Waals surface area (Å²) < 4.78 is 21.7. The van der Waals surface area contributed by atoms with Crippen molar-refractivity contribution in [2.75, 3.05) is 19.8 Å². The number of rotatable bonds is 6. The lowest BCUT2D eigenvalue weighted by atomic mass is 10.1. The Hall–Kier alpha value is -2.47. The van der Waals surface area contributed by atoms with Gasteiger partial charge in [-0.25, -0.2) is 14.8 Å². The molecule has 1 saturated heterocycles. The molecule has 0 spiro atoms. The second kappa shape index (κ2) is 12.7. The number of morpholine rings is 1. The number of hydrogen-bond acceptors (Lipinski definition) is 6. The second-order valence-corrected chi connectivity index (χ2v) is 18.7. The Balaban J connectivity index is 1.52. The number of amides is 1. The van der Waals surface area contributed by atoms with Gasteiger partial charge in [-0.2, -0.15) is 0 Å². The summed E-state index contributed by atoms with van der Waals surface area (Å²) in [5.74, 6) is 0.501. The third-order valence-corrected chi connectivity index (χ3v) is 13.8. The maximum Gasteiger partial charge on any atom is 0.410 e. The van der Waals surface area contributed by atoms with Crippen molar-refractivity contribution < 1.29 is 18.7 Å². The molecule has 1 aliphatic rings. The molecule has 8 nitrogen and oxygen atoms in total. The van der Waals surface area contributed by atoms with Gasteiger partial charge in [0.05, 0.1) is 32.0 Å². The van der Waals surface area contributed by atoms with E-state index in [-0.39, 0.29) is 29.9 Å². The number of benzene rings is 2. The highest BCUT2D eigenvalue weighted by Crippen LogP contribution is 2.38. The zero-order valence-electron chi connectivity index (χ0n) is 25.7. The van der Waals surface area contributed by atoms with Crippen molar-refractivity contribution in [1.82, 2.24) is 19.3 Å². The van der Waals surface area contributed by atoms with Crippen molar-refractivity contribution in [1.29, 1.82) is 0 Å². The van der Waals surface area contributed by atoms with Crippen LogP contribution >= 0.6 is 39.1 Å². The van der Waals surface area contributed by atoms with E-state index in [2.05, 4.69) is 95.2 Å². The fraction of sp³-hybridized carbons (Fsp3) is 0.406. The van der Waals surface area contributed by atoms with Crippen LogP contribution in [0.5, 0.6) is 0 Å². The lowest BCUT2D eigenvalue weighted by Crippen LogP contribution is -2.68. The smallest absolute Gasteiger partial charge is 0.410 e. The van der Waals surface area contributed by atoms with Gasteiger partial charge in [0.2, 0.25) is 0 Å². The van der Waals surface area contributed by atoms with Crippen molar-refractivity contribution in [3.63, 3.8) is 0 Å². The van der Waals surface area contributed by atoms with Gasteiger partial charge in [0.1, 0.15) is 32.8 Å². The molecule has 0 radical (unpaired) electrons. The Morgan fingerprint density at radius 3 is 2.16 bits per heavy atom. The molecule has 1 aliphatic heterocycles. The summed E-state index contributed by atoms with van der Waals surface area (Å²) in [6, 6.07) is 20.4. The number of nitrogens with zero attached hydrogens (tertiary/aromatic N) is 4. The first-order chi connectivity index (χ1) is 20.7. The van der Waals surface area contributed by atoms with Crippen molar-refractivity contribution in [2.45, 2.75) is 64.3 Å². The molecule has 3 heterocycles. The van der Waals surface area contributed by atoms with Gasteiger partial charge < -0.3 is 13.9 Å². The number of hydrogen-bond donors (Lipinski definition) is 0. The SMILES string of the molecule is CC(C)(C)OC(=O)N1C[C@H](c2nc(Br)c3c(Cl)ncc(Cl)n23)OC[C@H]1CO[Si](c1ccccc1)(c1ccccc1)C(C)(C)C. The zero-order chi connectivity index (χ0) is 31.9. The van der Waals surface area contributed by atoms with Crippen molar-refractivity contribution >= 4 is 69.4 Å². The monoisotopic (exact) mass is 718 g/mol. The minimum atomic E-state index is -2.87. The maximum absolute atomic E-state index is 13.8. The Labute approximate surface area is 277 Å². The van der Waals surface area contributed by atoms with Gasteiger partial charge in [0, 0.05) is 0 Å². The Morgan fingerprint density at radius 1 is 1.02 bits per heavy atom. The number of imidazole rings is 1. The molecule has 0 aliphatic carbocycles. The first-order valence-corrected chi connectivity index (χ1v) is 17.9. The van der Waals surface area contributed by atoms with E-state index in [0.717, 1.165) is 10.4 Å². The number of fused-ring (bicyclic) bond motifs is 1. The van der Waals surface area contributed by atoms with Crippen molar-refractivity contribution in [3.05, 3.63) is 87.6 Å². The van der Waals surface area contributed by atoms with Gasteiger partial charge in [-0.05, 0) is 52.1 Å². The molecule has 2 aromatic heterocycles. The molecule has 1 fully saturated rings. The van der Waals surface area contributed by atoms with Crippen LogP contribution in [0.15, 0.2) is 71.5 Å². The molecule has 4 aromatic rings. The first-order valence-electron chi connectivity index (χ1n) is 14.5. The van der Waals surface area contributed by atoms with Crippen LogP contribution < -0.4 is 10.4 Å². The molecule has 0 saturated carbocycles. The summed E-state index contributed by atoms with van der Waals surface area (Å²) in [6.45, 7) is 12.9. The number of aromatic nitrogens is 3. The van der Waals surface area contributed by atoms with Crippen molar-refractivity contribution in [2.24, 2.45) is 0 Å². The van der Waals surface area contributed by atoms with E-state index >= 15 is 0 Å². The van der Waals surface area contributed by atoms with E-state index in [4.69, 9.17) is 37.1 Å². The lowest BCUT2D eigenvalue weighted by Gasteiger charge is -2.45. The average molecular weight is 721 g/mol. The molecule has 1 amide bonds. The maximum atomic E-state index is 13.8. The minimum absolute atomic E-state index is 0.172. The van der Waals surface area contributed by atoms with Crippen molar-refractivity contribution in [3.8, 4) is 0 Å². The van der Waals surface area contributed by atoms with E-state index in [0.29, 0.717) is 21.1 Å². The van der Waals surface area contributed by atoms with Gasteiger partial charge in [-0.1, -0.05) is 105 Å². The van der Waals surface area contributed by atoms with E-state index in [1.807, 2.05) is 32.9 Å². The predicted molar refractivity (Wildman–Crippen MR) is 180 cm³/mol. The van der Waals surface area contributed by atoms with Crippen LogP contribution in [0.1, 0.15) is 53.5 Å². The summed E-state index contributed by atoms with van der Waals surface area (Å²) in [5, 5.41) is 2.66. The Kier molecular flexibility index (Phi) is 9.52. The van der Waals surface area contributed by atoms with Gasteiger partial charge in [0.25, 0.3) is 8.32 Å². The standard InChI is InChI=1S/C32H37BrCl2N4O4Si/c1-31(2,3)43-30(40)38-18-24(29-37-27(33)26-28(35)36-17-25(34)39(26)29)41-19-21(38)20-42-44(32(4,5)6,22-13-9-7-10-14-22)23-15-11-8-12-16-23/h7-17,21,24H,18-20H2,1-6H3/t21-,24+/m0/s1. The molecule has 2 atom stereocenters. The first kappa shape index (κ1) is 32.9. The van der Waals surface area contributed by atoms with Crippen LogP contribution in [-0.2, 0) is 13.9 Å². The highest BCUT2D eigenvalue weighted by Gasteiger charge is 2.51. The molecule has 0 unspecified atom stereocenters. The summed E-state index contributed by atoms with van der Waals surface area (Å²) in [4.78, 5) is 24.3. The zero-order valence-corrected chi connectivity index (χ0v) is 29.8. The van der Waals surface area contributed by atoms with Gasteiger partial charge >= 0.3 is 6.09 Å². The topological polar surface area (TPSA) is 78.2 Å². The van der Waals surface area contributed by atoms with E-state index in [9.17, 15) is 4.79 Å². The molecule has 5 rings (SSSR count). The van der Waals surface area contributed by atoms with Crippen LogP contribution in [0.25, 0.3) is 5.52 Å². The van der Waals surface area contributed by atoms with Crippen LogP contribution in [0.2, 0.25) is 15.3 Å². The van der Waals surface area contributed by atoms with Crippen LogP contribution in [-0.4, -0.2) is 65.1 Å². The summed E-state index contributed by atoms with van der Waals surface area (Å²) in [7, 11) is -2.87. The molecular formula is C32H37BrCl2N4O4Si. The highest BCUT2D eigenvalue weighted by atomic mass is 79.9. The van der Waals surface area contributed by atoms with E-state index in [1.165, 1.54) is 6.20 Å². The number of halogens is 3. The normalized spacial score (nSPS) is 18.1. The lowest BCUT2D eigenvalue weighted by molar-refractivity contribution is -0.0830. The van der Waals surface area contributed by atoms with Gasteiger partial charge in [-0.3, -0.25) is 9.30 Å². The van der Waals surface area contributed by atoms with E-state index < -0.39 is 32.2 Å². The predicted octanol–water partition coefficient (Wildman–Crippen LogP) is 7.05. The Bertz CT molecular complexity index is 1590. The molecule has 234 valence electrons. The molecule has 2 aromatic carbocycles. The van der Waals surface area contributed by atoms with Gasteiger partial charge in [0.15, 0.2) is 5.15 Å². The quantitative estimate of drug-likeness (QED) is 0.199. The number of ether oxygens (including phenoxy) is 2. The summed E-state index contributed by atoms with van der Waals surface area (Å²) >= 11 is 16.4. The van der Waals surface area contributed by atoms with Gasteiger partial charge in [-0.15, -0.1) is 0 Å². The largest absolute Gasteiger partial charge is 0.444 e. The third kappa shape index (κ3) is 6.43. The summed E-state index contributed by atoms with van der Waals surface area (Å²) in [6.07, 6.45) is 0.401. The molecular weight excluding hydrogens is 683 g/mol. The van der Waals surface area contributed by atoms with Crippen LogP contribution in [0.3, 0.4) is 0 Å². The highest BCUT2D eigenvalue weighted by molar-refractivity contribution is 9.10. The number of carbonyl (C=O) groups excluding carboxylic acids is 1. The molecule has 0 bridgehead atoms. The summed E-state index contributed by atoms with van der Waals surface area (Å²) in [5.41, 5.74) is -0.168. The average Bonchev–Trinajstić information content (AvgIpc) is 3.33. The van der Waals surface area contributed by atoms with Crippen LogP contribution in [0.4, 0.5) is 4.79 Å². The Morgan fingerprint density at radius 2 is 1.61 bits per heavy atom. The fourth-order valence-electron chi connectivity index (χ4n) is 5.77. The number of carbonyl (C=O) groups is 1. The minimum Gasteiger partial charge on any atom is -0.444 e. The van der Waals surface area contributed by atoms with Crippen LogP contribution in [0, 0.1) is 0 Å². The molecule has 44 heavy (non-hydrogen) atoms. The third-order valence-electron chi connectivity index (χ3n) is 7.67. The second-order valence-electron chi connectivity index (χ2n) is 12.9. The van der Waals surface area contributed by atoms with E-state index in [1.54, 1.807) is 9.30 Å². The molecule has 0 N–H and O–H groups in total. The fourth-order valence-corrected chi connectivity index (χ4v) is 11.5.